The first-order valence-electron chi connectivity index (χ1n) is 13.8. The van der Waals surface area contributed by atoms with Crippen LogP contribution in [-0.2, 0) is 9.63 Å². The van der Waals surface area contributed by atoms with Gasteiger partial charge >= 0.3 is 0 Å². The average molecular weight is 577 g/mol. The van der Waals surface area contributed by atoms with Crippen LogP contribution < -0.4 is 5.06 Å². The molecule has 43 heavy (non-hydrogen) atoms. The van der Waals surface area contributed by atoms with Crippen LogP contribution in [0, 0.1) is 25.6 Å². The van der Waals surface area contributed by atoms with Crippen molar-refractivity contribution in [3.63, 3.8) is 0 Å². The predicted octanol–water partition coefficient (Wildman–Crippen LogP) is 6.32. The number of anilines is 1. The summed E-state index contributed by atoms with van der Waals surface area (Å²) >= 11 is 0. The van der Waals surface area contributed by atoms with Crippen LogP contribution in [0.15, 0.2) is 115 Å². The number of Topliss-reactive ketones (excluding diaryl/α,β-unsaturated/α-hetero) is 1. The van der Waals surface area contributed by atoms with Crippen LogP contribution in [0.1, 0.15) is 28.8 Å². The quantitative estimate of drug-likeness (QED) is 0.149. The third kappa shape index (κ3) is 5.07. The number of benzene rings is 4. The second kappa shape index (κ2) is 11.2. The number of nitro groups is 2. The predicted molar refractivity (Wildman–Crippen MR) is 161 cm³/mol. The zero-order valence-corrected chi connectivity index (χ0v) is 23.3. The lowest BCUT2D eigenvalue weighted by Gasteiger charge is -2.44. The topological polar surface area (TPSA) is 119 Å². The molecule has 0 radical (unpaired) electrons. The second-order valence-electron chi connectivity index (χ2n) is 10.9. The molecule has 0 amide bonds. The monoisotopic (exact) mass is 576 g/mol. The van der Waals surface area contributed by atoms with Crippen LogP contribution in [-0.4, -0.2) is 40.7 Å². The number of piperidine rings is 1. The molecule has 10 nitrogen and oxygen atoms in total. The number of hydrogen-bond acceptors (Lipinski definition) is 8. The largest absolute Gasteiger partial charge is 0.301 e. The summed E-state index contributed by atoms with van der Waals surface area (Å²) in [5.41, 5.74) is 1.66. The van der Waals surface area contributed by atoms with Gasteiger partial charge in [-0.05, 0) is 41.9 Å². The Labute approximate surface area is 247 Å². The molecule has 2 heterocycles. The minimum Gasteiger partial charge on any atom is -0.301 e. The lowest BCUT2D eigenvalue weighted by molar-refractivity contribution is -0.385. The van der Waals surface area contributed by atoms with Gasteiger partial charge in [-0.2, -0.15) is 0 Å². The highest BCUT2D eigenvalue weighted by Crippen LogP contribution is 2.60. The van der Waals surface area contributed by atoms with Crippen molar-refractivity contribution in [1.29, 1.82) is 0 Å². The van der Waals surface area contributed by atoms with Crippen molar-refractivity contribution in [3.05, 3.63) is 152 Å². The summed E-state index contributed by atoms with van der Waals surface area (Å²) in [4.78, 5) is 46.1. The highest BCUT2D eigenvalue weighted by atomic mass is 16.7. The van der Waals surface area contributed by atoms with E-state index in [1.54, 1.807) is 35.4 Å². The highest BCUT2D eigenvalue weighted by molar-refractivity contribution is 6.06. The van der Waals surface area contributed by atoms with Gasteiger partial charge in [0.05, 0.1) is 21.6 Å². The van der Waals surface area contributed by atoms with Gasteiger partial charge in [0, 0.05) is 42.9 Å². The van der Waals surface area contributed by atoms with Gasteiger partial charge in [-0.3, -0.25) is 29.9 Å². The number of rotatable bonds is 6. The third-order valence-electron chi connectivity index (χ3n) is 8.03. The Kier molecular flexibility index (Phi) is 7.31. The Morgan fingerprint density at radius 3 is 2.09 bits per heavy atom. The number of non-ortho nitro benzene ring substituents is 2. The molecule has 0 aromatic heterocycles. The molecular weight excluding hydrogens is 548 g/mol. The zero-order chi connectivity index (χ0) is 30.1. The Balaban J connectivity index is 1.59. The molecule has 4 aromatic rings. The van der Waals surface area contributed by atoms with E-state index in [2.05, 4.69) is 0 Å². The van der Waals surface area contributed by atoms with Crippen LogP contribution in [0.2, 0.25) is 0 Å². The maximum atomic E-state index is 15.0. The van der Waals surface area contributed by atoms with E-state index in [9.17, 15) is 20.2 Å². The number of likely N-dealkylation sites (tertiary alicyclic amines) is 1. The van der Waals surface area contributed by atoms with E-state index in [-0.39, 0.29) is 17.2 Å². The number of ketones is 1. The molecule has 216 valence electrons. The summed E-state index contributed by atoms with van der Waals surface area (Å²) in [6.07, 6.45) is 0.811. The molecule has 0 bridgehead atoms. The van der Waals surface area contributed by atoms with Gasteiger partial charge in [-0.15, -0.1) is 0 Å². The molecule has 2 aliphatic heterocycles. The van der Waals surface area contributed by atoms with Crippen molar-refractivity contribution < 1.29 is 19.5 Å². The lowest BCUT2D eigenvalue weighted by Crippen LogP contribution is -2.54. The molecule has 1 unspecified atom stereocenters. The Morgan fingerprint density at radius 1 is 0.814 bits per heavy atom. The van der Waals surface area contributed by atoms with Crippen molar-refractivity contribution in [1.82, 2.24) is 4.90 Å². The lowest BCUT2D eigenvalue weighted by atomic mass is 9.64. The molecule has 0 saturated carbocycles. The van der Waals surface area contributed by atoms with Gasteiger partial charge in [0.1, 0.15) is 11.5 Å². The number of nitro benzene ring substituents is 2. The fourth-order valence-electron chi connectivity index (χ4n) is 6.32. The molecule has 3 atom stereocenters. The van der Waals surface area contributed by atoms with Crippen molar-refractivity contribution in [2.24, 2.45) is 5.41 Å². The van der Waals surface area contributed by atoms with Crippen molar-refractivity contribution in [3.8, 4) is 0 Å². The summed E-state index contributed by atoms with van der Waals surface area (Å²) in [6.45, 7) is 0.617. The molecule has 2 saturated heterocycles. The third-order valence-corrected chi connectivity index (χ3v) is 8.03. The first-order valence-corrected chi connectivity index (χ1v) is 13.8. The fourth-order valence-corrected chi connectivity index (χ4v) is 6.32. The second-order valence-corrected chi connectivity index (χ2v) is 10.9. The summed E-state index contributed by atoms with van der Waals surface area (Å²) in [7, 11) is 1.91. The van der Waals surface area contributed by atoms with E-state index in [0.29, 0.717) is 29.8 Å². The molecular formula is C33H28N4O6. The van der Waals surface area contributed by atoms with Gasteiger partial charge in [-0.25, -0.2) is 5.06 Å². The normalized spacial score (nSPS) is 23.1. The van der Waals surface area contributed by atoms with Crippen LogP contribution in [0.5, 0.6) is 0 Å². The Hall–Kier alpha value is -5.19. The minimum atomic E-state index is -1.24. The Morgan fingerprint density at radius 2 is 1.42 bits per heavy atom. The van der Waals surface area contributed by atoms with E-state index in [4.69, 9.17) is 4.84 Å². The number of carbonyl (C=O) groups is 1. The fraction of sp³-hybridized carbons (Fsp3) is 0.182. The first kappa shape index (κ1) is 28.0. The number of hydrogen-bond donors (Lipinski definition) is 0. The minimum absolute atomic E-state index is 0.0724. The zero-order valence-electron chi connectivity index (χ0n) is 23.3. The molecule has 6 rings (SSSR count). The summed E-state index contributed by atoms with van der Waals surface area (Å²) in [5, 5.41) is 25.0. The number of likely N-dealkylation sites (N-methyl/N-ethyl adjacent to an activating group) is 1. The maximum absolute atomic E-state index is 15.0. The summed E-state index contributed by atoms with van der Waals surface area (Å²) < 4.78 is 0. The molecule has 4 aromatic carbocycles. The molecule has 10 heteroatoms. The van der Waals surface area contributed by atoms with Gasteiger partial charge < -0.3 is 4.90 Å². The van der Waals surface area contributed by atoms with Crippen molar-refractivity contribution in [2.75, 3.05) is 25.2 Å². The molecule has 2 aliphatic rings. The maximum Gasteiger partial charge on any atom is 0.270 e. The van der Waals surface area contributed by atoms with E-state index in [1.165, 1.54) is 24.3 Å². The summed E-state index contributed by atoms with van der Waals surface area (Å²) in [6, 6.07) is 30.9. The number of carbonyl (C=O) groups excluding carboxylic acids is 1. The molecule has 0 aliphatic carbocycles. The molecule has 1 spiro atoms. The van der Waals surface area contributed by atoms with E-state index < -0.39 is 27.4 Å². The molecule has 2 fully saturated rings. The van der Waals surface area contributed by atoms with Crippen LogP contribution in [0.4, 0.5) is 17.1 Å². The van der Waals surface area contributed by atoms with Crippen molar-refractivity contribution in [2.45, 2.75) is 12.1 Å². The Bertz CT molecular complexity index is 1730. The number of para-hydroxylation sites is 1. The smallest absolute Gasteiger partial charge is 0.270 e. The van der Waals surface area contributed by atoms with E-state index >= 15 is 4.79 Å². The average Bonchev–Trinajstić information content (AvgIpc) is 3.35. The van der Waals surface area contributed by atoms with Crippen LogP contribution in [0.25, 0.3) is 6.08 Å². The standard InChI is InChI=1S/C33H28N4O6/c1-34-21-26(18-23-10-8-16-28(19-23)36(39)40)31(38)33(22-34)30(24-11-4-2-5-12-24)35(27-14-6-3-7-15-27)43-32(33)25-13-9-17-29(20-25)37(41)42/h2-20,30,32H,21-22H2,1H3/b26-18+/t30-,32-,33?/m1/s1. The first-order chi connectivity index (χ1) is 20.8. The van der Waals surface area contributed by atoms with Crippen LogP contribution >= 0.6 is 0 Å². The van der Waals surface area contributed by atoms with Gasteiger partial charge in [-0.1, -0.05) is 72.8 Å². The number of nitrogens with zero attached hydrogens (tertiary/aromatic N) is 4. The highest BCUT2D eigenvalue weighted by Gasteiger charge is 2.64. The van der Waals surface area contributed by atoms with E-state index in [0.717, 1.165) is 11.3 Å². The van der Waals surface area contributed by atoms with Gasteiger partial charge in [0.15, 0.2) is 5.78 Å². The van der Waals surface area contributed by atoms with Gasteiger partial charge in [0.2, 0.25) is 0 Å². The SMILES string of the molecule is CN1C/C(=C\c2cccc([N+](=O)[O-])c2)C(=O)C2(C1)[C@@H](c1cccc([N+](=O)[O-])c1)ON(c1ccccc1)[C@@H]2c1ccccc1. The van der Waals surface area contributed by atoms with Crippen LogP contribution in [0.3, 0.4) is 0 Å². The summed E-state index contributed by atoms with van der Waals surface area (Å²) in [5.74, 6) is -0.180. The van der Waals surface area contributed by atoms with Gasteiger partial charge in [0.25, 0.3) is 11.4 Å². The number of hydroxylamine groups is 1. The van der Waals surface area contributed by atoms with E-state index in [1.807, 2.05) is 72.6 Å². The molecule has 0 N–H and O–H groups in total. The van der Waals surface area contributed by atoms with Crippen molar-refractivity contribution >= 4 is 28.9 Å².